The molecule has 0 fully saturated rings. The van der Waals surface area contributed by atoms with Gasteiger partial charge in [0.15, 0.2) is 0 Å². The van der Waals surface area contributed by atoms with Gasteiger partial charge in [0.25, 0.3) is 0 Å². The van der Waals surface area contributed by atoms with Crippen LogP contribution in [-0.4, -0.2) is 19.7 Å². The van der Waals surface area contributed by atoms with Gasteiger partial charge in [-0.25, -0.2) is 4.79 Å². The molecule has 0 aliphatic heterocycles. The Balaban J connectivity index is 2.41. The number of hydrogen-bond donors (Lipinski definition) is 0. The maximum atomic E-state index is 11.6. The van der Waals surface area contributed by atoms with E-state index in [4.69, 9.17) is 9.47 Å². The zero-order valence-corrected chi connectivity index (χ0v) is 10.2. The van der Waals surface area contributed by atoms with Gasteiger partial charge in [-0.3, -0.25) is 0 Å². The third kappa shape index (κ3) is 4.60. The molecule has 1 rings (SSSR count). The molecule has 0 N–H and O–H groups in total. The second-order valence-corrected chi connectivity index (χ2v) is 3.32. The van der Waals surface area contributed by atoms with E-state index < -0.39 is 0 Å². The fourth-order valence-electron chi connectivity index (χ4n) is 1.22. The highest BCUT2D eigenvalue weighted by atomic mass is 16.5. The fourth-order valence-corrected chi connectivity index (χ4v) is 1.22. The summed E-state index contributed by atoms with van der Waals surface area (Å²) >= 11 is 0. The molecule has 0 saturated heterocycles. The molecule has 0 spiro atoms. The second kappa shape index (κ2) is 7.34. The highest BCUT2D eigenvalue weighted by Crippen LogP contribution is 2.11. The SMILES string of the molecule is CCC#CCCOC(=O)c1ccc(OC)cc1. The summed E-state index contributed by atoms with van der Waals surface area (Å²) in [6.45, 7) is 2.31. The number of rotatable bonds is 4. The molecule has 17 heavy (non-hydrogen) atoms. The van der Waals surface area contributed by atoms with Crippen LogP contribution in [0, 0.1) is 11.8 Å². The Bertz CT molecular complexity index is 409. The number of hydrogen-bond acceptors (Lipinski definition) is 3. The zero-order valence-electron chi connectivity index (χ0n) is 10.2. The molecule has 0 radical (unpaired) electrons. The Kier molecular flexibility index (Phi) is 5.67. The van der Waals surface area contributed by atoms with Gasteiger partial charge in [0.05, 0.1) is 12.7 Å². The van der Waals surface area contributed by atoms with Gasteiger partial charge in [0, 0.05) is 12.8 Å². The first-order chi connectivity index (χ1) is 8.27. The van der Waals surface area contributed by atoms with Crippen LogP contribution < -0.4 is 4.74 Å². The van der Waals surface area contributed by atoms with Crippen LogP contribution in [0.2, 0.25) is 0 Å². The molecule has 1 aromatic rings. The van der Waals surface area contributed by atoms with Crippen molar-refractivity contribution in [3.05, 3.63) is 29.8 Å². The van der Waals surface area contributed by atoms with Crippen LogP contribution in [0.15, 0.2) is 24.3 Å². The molecular weight excluding hydrogens is 216 g/mol. The summed E-state index contributed by atoms with van der Waals surface area (Å²) in [5.74, 6) is 6.22. The van der Waals surface area contributed by atoms with Crippen molar-refractivity contribution in [2.75, 3.05) is 13.7 Å². The van der Waals surface area contributed by atoms with Gasteiger partial charge in [0.2, 0.25) is 0 Å². The highest BCUT2D eigenvalue weighted by Gasteiger charge is 2.05. The minimum absolute atomic E-state index is 0.328. The van der Waals surface area contributed by atoms with Crippen molar-refractivity contribution in [2.45, 2.75) is 19.8 Å². The Morgan fingerprint density at radius 1 is 1.24 bits per heavy atom. The fraction of sp³-hybridized carbons (Fsp3) is 0.357. The molecule has 0 aromatic heterocycles. The summed E-state index contributed by atoms with van der Waals surface area (Å²) in [5, 5.41) is 0. The van der Waals surface area contributed by atoms with Gasteiger partial charge in [-0.15, -0.1) is 5.92 Å². The predicted octanol–water partition coefficient (Wildman–Crippen LogP) is 2.66. The number of benzene rings is 1. The largest absolute Gasteiger partial charge is 0.497 e. The lowest BCUT2D eigenvalue weighted by atomic mass is 10.2. The van der Waals surface area contributed by atoms with Crippen LogP contribution in [0.25, 0.3) is 0 Å². The van der Waals surface area contributed by atoms with Crippen LogP contribution in [0.1, 0.15) is 30.1 Å². The molecule has 0 heterocycles. The summed E-state index contributed by atoms with van der Waals surface area (Å²) in [6, 6.07) is 6.82. The first kappa shape index (κ1) is 13.1. The van der Waals surface area contributed by atoms with Crippen molar-refractivity contribution in [3.8, 4) is 17.6 Å². The van der Waals surface area contributed by atoms with Crippen LogP contribution in [0.5, 0.6) is 5.75 Å². The minimum atomic E-state index is -0.328. The molecule has 0 amide bonds. The van der Waals surface area contributed by atoms with Gasteiger partial charge in [-0.2, -0.15) is 0 Å². The Morgan fingerprint density at radius 3 is 2.53 bits per heavy atom. The molecule has 0 unspecified atom stereocenters. The van der Waals surface area contributed by atoms with E-state index in [1.807, 2.05) is 6.92 Å². The van der Waals surface area contributed by atoms with Gasteiger partial charge in [-0.1, -0.05) is 12.8 Å². The zero-order chi connectivity index (χ0) is 12.5. The molecule has 0 aliphatic rings. The molecule has 3 nitrogen and oxygen atoms in total. The number of carbonyl (C=O) groups excluding carboxylic acids is 1. The van der Waals surface area contributed by atoms with Gasteiger partial charge in [-0.05, 0) is 24.3 Å². The van der Waals surface area contributed by atoms with E-state index in [1.165, 1.54) is 0 Å². The Morgan fingerprint density at radius 2 is 1.94 bits per heavy atom. The maximum absolute atomic E-state index is 11.6. The first-order valence-corrected chi connectivity index (χ1v) is 5.54. The van der Waals surface area contributed by atoms with Gasteiger partial charge < -0.3 is 9.47 Å². The monoisotopic (exact) mass is 232 g/mol. The molecule has 0 atom stereocenters. The van der Waals surface area contributed by atoms with Crippen LogP contribution in [0.4, 0.5) is 0 Å². The summed E-state index contributed by atoms with van der Waals surface area (Å²) < 4.78 is 10.1. The molecule has 0 aliphatic carbocycles. The quantitative estimate of drug-likeness (QED) is 0.455. The highest BCUT2D eigenvalue weighted by molar-refractivity contribution is 5.89. The standard InChI is InChI=1S/C14H16O3/c1-3-4-5-6-11-17-14(15)12-7-9-13(16-2)10-8-12/h7-10H,3,6,11H2,1-2H3. The average molecular weight is 232 g/mol. The van der Waals surface area contributed by atoms with Crippen LogP contribution >= 0.6 is 0 Å². The smallest absolute Gasteiger partial charge is 0.338 e. The van der Waals surface area contributed by atoms with Crippen molar-refractivity contribution in [3.63, 3.8) is 0 Å². The molecule has 3 heteroatoms. The Hall–Kier alpha value is -1.95. The van der Waals surface area contributed by atoms with E-state index in [0.717, 1.165) is 12.2 Å². The lowest BCUT2D eigenvalue weighted by Crippen LogP contribution is -2.05. The Labute approximate surface area is 102 Å². The lowest BCUT2D eigenvalue weighted by Gasteiger charge is -2.03. The van der Waals surface area contributed by atoms with Gasteiger partial charge in [0.1, 0.15) is 12.4 Å². The summed E-state index contributed by atoms with van der Waals surface area (Å²) in [5.41, 5.74) is 0.522. The molecular formula is C14H16O3. The van der Waals surface area contributed by atoms with Gasteiger partial charge >= 0.3 is 5.97 Å². The molecule has 1 aromatic carbocycles. The van der Waals surface area contributed by atoms with Crippen molar-refractivity contribution < 1.29 is 14.3 Å². The van der Waals surface area contributed by atoms with Crippen molar-refractivity contribution in [1.82, 2.24) is 0 Å². The third-order valence-electron chi connectivity index (χ3n) is 2.09. The van der Waals surface area contributed by atoms with E-state index in [-0.39, 0.29) is 5.97 Å². The summed E-state index contributed by atoms with van der Waals surface area (Å²) in [6.07, 6.45) is 1.40. The van der Waals surface area contributed by atoms with E-state index >= 15 is 0 Å². The minimum Gasteiger partial charge on any atom is -0.497 e. The number of esters is 1. The van der Waals surface area contributed by atoms with E-state index in [9.17, 15) is 4.79 Å². The number of methoxy groups -OCH3 is 1. The second-order valence-electron chi connectivity index (χ2n) is 3.32. The lowest BCUT2D eigenvalue weighted by molar-refractivity contribution is 0.0513. The molecule has 90 valence electrons. The first-order valence-electron chi connectivity index (χ1n) is 5.54. The van der Waals surface area contributed by atoms with E-state index in [2.05, 4.69) is 11.8 Å². The molecule has 0 bridgehead atoms. The summed E-state index contributed by atoms with van der Waals surface area (Å²) in [4.78, 5) is 11.6. The number of carbonyl (C=O) groups is 1. The van der Waals surface area contributed by atoms with Crippen LogP contribution in [0.3, 0.4) is 0 Å². The van der Waals surface area contributed by atoms with E-state index in [0.29, 0.717) is 18.6 Å². The normalized spacial score (nSPS) is 9.06. The predicted molar refractivity (Wildman–Crippen MR) is 66.0 cm³/mol. The number of ether oxygens (including phenoxy) is 2. The molecule has 0 saturated carbocycles. The van der Waals surface area contributed by atoms with Crippen molar-refractivity contribution >= 4 is 5.97 Å². The summed E-state index contributed by atoms with van der Waals surface area (Å²) in [7, 11) is 1.58. The van der Waals surface area contributed by atoms with Crippen LogP contribution in [-0.2, 0) is 4.74 Å². The van der Waals surface area contributed by atoms with E-state index in [1.54, 1.807) is 31.4 Å². The third-order valence-corrected chi connectivity index (χ3v) is 2.09. The topological polar surface area (TPSA) is 35.5 Å². The average Bonchev–Trinajstić information content (AvgIpc) is 2.38. The van der Waals surface area contributed by atoms with Crippen molar-refractivity contribution in [2.24, 2.45) is 0 Å². The van der Waals surface area contributed by atoms with Crippen molar-refractivity contribution in [1.29, 1.82) is 0 Å². The maximum Gasteiger partial charge on any atom is 0.338 e.